The number of carbonyl (C=O) groups is 4. The Balaban J connectivity index is 0.00000108. The summed E-state index contributed by atoms with van der Waals surface area (Å²) in [6.07, 6.45) is 0. The summed E-state index contributed by atoms with van der Waals surface area (Å²) >= 11 is 0. The Kier molecular flexibility index (Phi) is 4.54. The number of imide groups is 2. The van der Waals surface area contributed by atoms with Gasteiger partial charge in [0.15, 0.2) is 0 Å². The molecule has 7 rings (SSSR count). The number of benzene rings is 5. The molecule has 155 valence electrons. The van der Waals surface area contributed by atoms with Gasteiger partial charge in [0.2, 0.25) is 0 Å². The fourth-order valence-corrected chi connectivity index (χ4v) is 5.12. The number of amides is 4. The summed E-state index contributed by atoms with van der Waals surface area (Å²) < 4.78 is 0. The van der Waals surface area contributed by atoms with Crippen molar-refractivity contribution in [1.29, 1.82) is 0 Å². The molecule has 0 unspecified atom stereocenters. The smallest absolute Gasteiger partial charge is 0.258 e. The third kappa shape index (κ3) is 2.36. The second-order valence-electron chi connectivity index (χ2n) is 7.71. The first-order valence-corrected chi connectivity index (χ1v) is 9.46. The Labute approximate surface area is 222 Å². The zero-order valence-electron chi connectivity index (χ0n) is 16.6. The van der Waals surface area contributed by atoms with Gasteiger partial charge in [-0.15, -0.1) is 0 Å². The van der Waals surface area contributed by atoms with E-state index in [1.165, 1.54) is 0 Å². The SMILES string of the molecule is O=C1NC(=O)c2ccc3c4ccc5c6c(ccc(c7ccc1c2c73)c64)C(=O)NC5=O.[CH3-].[Eu]. The van der Waals surface area contributed by atoms with E-state index in [1.54, 1.807) is 24.3 Å². The van der Waals surface area contributed by atoms with Crippen LogP contribution in [-0.4, -0.2) is 23.6 Å². The van der Waals surface area contributed by atoms with Crippen molar-refractivity contribution in [1.82, 2.24) is 10.6 Å². The van der Waals surface area contributed by atoms with Gasteiger partial charge < -0.3 is 7.43 Å². The molecule has 0 aliphatic carbocycles. The van der Waals surface area contributed by atoms with Gasteiger partial charge in [0.05, 0.1) is 0 Å². The van der Waals surface area contributed by atoms with Crippen LogP contribution in [0.3, 0.4) is 0 Å². The molecule has 0 bridgehead atoms. The van der Waals surface area contributed by atoms with Gasteiger partial charge in [0, 0.05) is 82.4 Å². The zero-order chi connectivity index (χ0) is 20.3. The van der Waals surface area contributed by atoms with Crippen LogP contribution < -0.4 is 10.6 Å². The van der Waals surface area contributed by atoms with Crippen LogP contribution in [0.25, 0.3) is 43.1 Å². The van der Waals surface area contributed by atoms with E-state index in [0.717, 1.165) is 32.3 Å². The van der Waals surface area contributed by atoms with Gasteiger partial charge in [0.1, 0.15) is 0 Å². The van der Waals surface area contributed by atoms with E-state index < -0.39 is 23.6 Å². The normalized spacial score (nSPS) is 14.5. The van der Waals surface area contributed by atoms with Crippen molar-refractivity contribution in [2.24, 2.45) is 0 Å². The van der Waals surface area contributed by atoms with Gasteiger partial charge in [-0.1, -0.05) is 24.3 Å². The molecule has 2 N–H and O–H groups in total. The van der Waals surface area contributed by atoms with E-state index in [4.69, 9.17) is 0 Å². The van der Waals surface area contributed by atoms with Crippen molar-refractivity contribution >= 4 is 66.7 Å². The van der Waals surface area contributed by atoms with Crippen molar-refractivity contribution in [3.05, 3.63) is 78.2 Å². The average Bonchev–Trinajstić information content (AvgIpc) is 2.74. The summed E-state index contributed by atoms with van der Waals surface area (Å²) in [6, 6.07) is 14.4. The van der Waals surface area contributed by atoms with Crippen LogP contribution in [0.5, 0.6) is 0 Å². The fourth-order valence-electron chi connectivity index (χ4n) is 5.12. The maximum atomic E-state index is 12.4. The summed E-state index contributed by atoms with van der Waals surface area (Å²) in [7, 11) is 0. The minimum Gasteiger partial charge on any atom is -0.358 e. The number of hydrogen-bond acceptors (Lipinski definition) is 4. The van der Waals surface area contributed by atoms with E-state index in [9.17, 15) is 19.2 Å². The molecule has 7 heteroatoms. The Hall–Kier alpha value is -2.74. The van der Waals surface area contributed by atoms with Gasteiger partial charge in [-0.25, -0.2) is 0 Å². The third-order valence-electron chi connectivity index (χ3n) is 6.33. The van der Waals surface area contributed by atoms with Crippen LogP contribution in [-0.2, 0) is 0 Å². The second-order valence-corrected chi connectivity index (χ2v) is 7.71. The zero-order valence-corrected chi connectivity index (χ0v) is 19.1. The topological polar surface area (TPSA) is 92.3 Å². The Morgan fingerprint density at radius 2 is 0.656 bits per heavy atom. The number of nitrogens with one attached hydrogen (secondary N) is 2. The molecule has 2 heterocycles. The Morgan fingerprint density at radius 1 is 0.406 bits per heavy atom. The van der Waals surface area contributed by atoms with Crippen molar-refractivity contribution in [2.45, 2.75) is 0 Å². The summed E-state index contributed by atoms with van der Waals surface area (Å²) in [5.41, 5.74) is 1.87. The largest absolute Gasteiger partial charge is 0.358 e. The molecule has 6 nitrogen and oxygen atoms in total. The minimum atomic E-state index is -0.408. The van der Waals surface area contributed by atoms with Crippen LogP contribution in [0, 0.1) is 56.8 Å². The molecule has 2 aliphatic rings. The number of fused-ring (bicyclic) bond motifs is 2. The summed E-state index contributed by atoms with van der Waals surface area (Å²) in [5.74, 6) is -1.63. The van der Waals surface area contributed by atoms with Crippen LogP contribution in [0.4, 0.5) is 0 Å². The van der Waals surface area contributed by atoms with Gasteiger partial charge in [0.25, 0.3) is 23.6 Å². The first-order valence-electron chi connectivity index (χ1n) is 9.46. The predicted molar refractivity (Wildman–Crippen MR) is 118 cm³/mol. The summed E-state index contributed by atoms with van der Waals surface area (Å²) in [4.78, 5) is 49.8. The molecule has 5 aromatic carbocycles. The van der Waals surface area contributed by atoms with E-state index in [0.29, 0.717) is 33.0 Å². The van der Waals surface area contributed by atoms with Crippen molar-refractivity contribution in [3.63, 3.8) is 0 Å². The predicted octanol–water partition coefficient (Wildman–Crippen LogP) is 3.95. The monoisotopic (exact) mass is 558 g/mol. The van der Waals surface area contributed by atoms with Crippen LogP contribution in [0.1, 0.15) is 41.4 Å². The maximum absolute atomic E-state index is 12.4. The number of carbonyl (C=O) groups excluding carboxylic acids is 4. The minimum absolute atomic E-state index is 0. The molecule has 5 aromatic rings. The van der Waals surface area contributed by atoms with E-state index in [2.05, 4.69) is 10.6 Å². The molecule has 4 amide bonds. The molecule has 0 spiro atoms. The molecular weight excluding hydrogens is 544 g/mol. The van der Waals surface area contributed by atoms with E-state index >= 15 is 0 Å². The van der Waals surface area contributed by atoms with Crippen LogP contribution in [0.15, 0.2) is 48.5 Å². The molecule has 1 radical (unpaired) electrons. The van der Waals surface area contributed by atoms with Gasteiger partial charge >= 0.3 is 0 Å². The van der Waals surface area contributed by atoms with Crippen LogP contribution >= 0.6 is 0 Å². The van der Waals surface area contributed by atoms with E-state index in [1.807, 2.05) is 24.3 Å². The first-order chi connectivity index (χ1) is 14.5. The van der Waals surface area contributed by atoms with Crippen molar-refractivity contribution in [3.8, 4) is 0 Å². The molecule has 2 aliphatic heterocycles. The van der Waals surface area contributed by atoms with Crippen molar-refractivity contribution < 1.29 is 68.6 Å². The maximum Gasteiger partial charge on any atom is 0.258 e. The molecule has 0 saturated heterocycles. The van der Waals surface area contributed by atoms with E-state index in [-0.39, 0.29) is 56.8 Å². The average molecular weight is 557 g/mol. The van der Waals surface area contributed by atoms with Gasteiger partial charge in [-0.3, -0.25) is 29.8 Å². The molecule has 32 heavy (non-hydrogen) atoms. The van der Waals surface area contributed by atoms with Crippen molar-refractivity contribution in [2.75, 3.05) is 0 Å². The molecular formula is C25H13EuN2O4-. The molecule has 0 aromatic heterocycles. The third-order valence-corrected chi connectivity index (χ3v) is 6.33. The van der Waals surface area contributed by atoms with Gasteiger partial charge in [-0.05, 0) is 56.6 Å². The summed E-state index contributed by atoms with van der Waals surface area (Å²) in [6.45, 7) is 0. The quantitative estimate of drug-likeness (QED) is 0.131. The summed E-state index contributed by atoms with van der Waals surface area (Å²) in [5, 5.41) is 11.3. The van der Waals surface area contributed by atoms with Gasteiger partial charge in [-0.2, -0.15) is 0 Å². The fraction of sp³-hybridized carbons (Fsp3) is 0. The van der Waals surface area contributed by atoms with Crippen LogP contribution in [0.2, 0.25) is 0 Å². The number of rotatable bonds is 0. The molecule has 0 atom stereocenters. The molecule has 0 fully saturated rings. The first kappa shape index (κ1) is 21.1. The standard InChI is InChI=1S/C24H10N2O4.CH3.Eu/c27-21-13-5-1-9-10-2-6-15-20-16(24(30)26-23(15)29)8-4-12(18(10)20)11-3-7-14(22(28)25-21)19(13)17(9)11;;/h1-8H,(H,25,27,28)(H,26,29,30);1H3;/q;-1;. The number of hydrogen-bond donors (Lipinski definition) is 2. The second kappa shape index (κ2) is 6.88. The Bertz CT molecular complexity index is 1480. The Morgan fingerprint density at radius 3 is 0.906 bits per heavy atom. The molecule has 0 saturated carbocycles.